The molecule has 1 aliphatic heterocycles. The molecule has 0 amide bonds. The van der Waals surface area contributed by atoms with Crippen molar-refractivity contribution < 1.29 is 13.5 Å². The molecule has 0 radical (unpaired) electrons. The van der Waals surface area contributed by atoms with Crippen molar-refractivity contribution in [1.29, 1.82) is 0 Å². The van der Waals surface area contributed by atoms with Crippen LogP contribution >= 0.6 is 0 Å². The van der Waals surface area contributed by atoms with Crippen LogP contribution in [0, 0.1) is 11.8 Å². The number of hydrogen-bond donors (Lipinski definition) is 2. The fourth-order valence-electron chi connectivity index (χ4n) is 4.04. The number of rotatable bonds is 4. The highest BCUT2D eigenvalue weighted by Gasteiger charge is 2.45. The van der Waals surface area contributed by atoms with Gasteiger partial charge in [0.25, 0.3) is 0 Å². The summed E-state index contributed by atoms with van der Waals surface area (Å²) in [6.07, 6.45) is 5.59. The summed E-state index contributed by atoms with van der Waals surface area (Å²) >= 11 is 0. The van der Waals surface area contributed by atoms with Crippen LogP contribution in [0.1, 0.15) is 12.8 Å². The van der Waals surface area contributed by atoms with Crippen molar-refractivity contribution >= 4 is 15.8 Å². The van der Waals surface area contributed by atoms with E-state index in [0.29, 0.717) is 36.6 Å². The van der Waals surface area contributed by atoms with Gasteiger partial charge in [0.1, 0.15) is 5.82 Å². The number of aliphatic hydroxyl groups is 1. The van der Waals surface area contributed by atoms with Crippen molar-refractivity contribution in [2.75, 3.05) is 18.4 Å². The number of nitrogens with zero attached hydrogens (tertiary/aromatic N) is 3. The Morgan fingerprint density at radius 1 is 1.08 bits per heavy atom. The van der Waals surface area contributed by atoms with Crippen LogP contribution in [0.3, 0.4) is 0 Å². The average molecular weight is 374 g/mol. The predicted octanol–water partition coefficient (Wildman–Crippen LogP) is 1.35. The molecule has 1 saturated heterocycles. The zero-order chi connectivity index (χ0) is 18.1. The van der Waals surface area contributed by atoms with Crippen molar-refractivity contribution in [3.63, 3.8) is 0 Å². The highest BCUT2D eigenvalue weighted by atomic mass is 32.2. The van der Waals surface area contributed by atoms with Gasteiger partial charge < -0.3 is 10.4 Å². The lowest BCUT2D eigenvalue weighted by atomic mass is 9.77. The SMILES string of the molecule is O=S(=O)(c1ccccc1)N1C[C@H]2C[C@@H](Nc3cnccn3)[C@H](O)C[C@H]2C1. The number of hydrogen-bond acceptors (Lipinski definition) is 6. The third-order valence-corrected chi connectivity index (χ3v) is 7.23. The Morgan fingerprint density at radius 3 is 2.50 bits per heavy atom. The smallest absolute Gasteiger partial charge is 0.243 e. The number of aliphatic hydroxyl groups excluding tert-OH is 1. The molecule has 0 bridgehead atoms. The number of nitrogens with one attached hydrogen (secondary N) is 1. The van der Waals surface area contributed by atoms with Gasteiger partial charge >= 0.3 is 0 Å². The molecule has 1 aliphatic carbocycles. The van der Waals surface area contributed by atoms with E-state index >= 15 is 0 Å². The third-order valence-electron chi connectivity index (χ3n) is 5.39. The molecule has 2 heterocycles. The minimum absolute atomic E-state index is 0.146. The van der Waals surface area contributed by atoms with Crippen LogP contribution in [0.4, 0.5) is 5.82 Å². The van der Waals surface area contributed by atoms with E-state index in [4.69, 9.17) is 0 Å². The molecule has 2 fully saturated rings. The Hall–Kier alpha value is -2.03. The lowest BCUT2D eigenvalue weighted by molar-refractivity contribution is 0.0736. The number of fused-ring (bicyclic) bond motifs is 1. The maximum absolute atomic E-state index is 12.9. The molecule has 2 aromatic rings. The van der Waals surface area contributed by atoms with Crippen LogP contribution in [0.25, 0.3) is 0 Å². The standard InChI is InChI=1S/C18H22N4O3S/c23-17-9-14-12-22(26(24,25)15-4-2-1-3-5-15)11-13(14)8-16(17)21-18-10-19-6-7-20-18/h1-7,10,13-14,16-17,23H,8-9,11-12H2,(H,20,21)/t13-,14+,16-,17-/m1/s1. The molecule has 0 spiro atoms. The highest BCUT2D eigenvalue weighted by molar-refractivity contribution is 7.89. The van der Waals surface area contributed by atoms with E-state index < -0.39 is 16.1 Å². The first-order valence-corrected chi connectivity index (χ1v) is 10.2. The van der Waals surface area contributed by atoms with Crippen molar-refractivity contribution in [2.24, 2.45) is 11.8 Å². The fourth-order valence-corrected chi connectivity index (χ4v) is 5.62. The predicted molar refractivity (Wildman–Crippen MR) is 96.9 cm³/mol. The number of aromatic nitrogens is 2. The van der Waals surface area contributed by atoms with E-state index in [2.05, 4.69) is 15.3 Å². The first-order valence-electron chi connectivity index (χ1n) is 8.80. The Labute approximate surface area is 153 Å². The molecular formula is C18H22N4O3S. The maximum Gasteiger partial charge on any atom is 0.243 e. The van der Waals surface area contributed by atoms with Gasteiger partial charge in [-0.1, -0.05) is 18.2 Å². The van der Waals surface area contributed by atoms with Crippen molar-refractivity contribution in [1.82, 2.24) is 14.3 Å². The lowest BCUT2D eigenvalue weighted by Crippen LogP contribution is -2.43. The maximum atomic E-state index is 12.9. The summed E-state index contributed by atoms with van der Waals surface area (Å²) in [6, 6.07) is 8.39. The van der Waals surface area contributed by atoms with Crippen LogP contribution < -0.4 is 5.32 Å². The second-order valence-corrected chi connectivity index (χ2v) is 8.97. The van der Waals surface area contributed by atoms with Crippen LogP contribution in [0.2, 0.25) is 0 Å². The van der Waals surface area contributed by atoms with Gasteiger partial charge in [0.2, 0.25) is 10.0 Å². The summed E-state index contributed by atoms with van der Waals surface area (Å²) in [7, 11) is -3.48. The Balaban J connectivity index is 1.47. The zero-order valence-corrected chi connectivity index (χ0v) is 15.1. The minimum Gasteiger partial charge on any atom is -0.391 e. The largest absolute Gasteiger partial charge is 0.391 e. The minimum atomic E-state index is -3.48. The summed E-state index contributed by atoms with van der Waals surface area (Å²) in [6.45, 7) is 0.962. The molecule has 4 atom stereocenters. The van der Waals surface area contributed by atoms with Crippen LogP contribution in [0.15, 0.2) is 53.8 Å². The van der Waals surface area contributed by atoms with E-state index in [9.17, 15) is 13.5 Å². The first kappa shape index (κ1) is 17.4. The monoisotopic (exact) mass is 374 g/mol. The van der Waals surface area contributed by atoms with E-state index in [1.54, 1.807) is 47.2 Å². The fraction of sp³-hybridized carbons (Fsp3) is 0.444. The molecule has 26 heavy (non-hydrogen) atoms. The topological polar surface area (TPSA) is 95.4 Å². The number of sulfonamides is 1. The van der Waals surface area contributed by atoms with Crippen molar-refractivity contribution in [2.45, 2.75) is 29.9 Å². The van der Waals surface area contributed by atoms with Crippen LogP contribution in [-0.4, -0.2) is 53.0 Å². The second-order valence-electron chi connectivity index (χ2n) is 7.04. The van der Waals surface area contributed by atoms with Crippen LogP contribution in [0.5, 0.6) is 0 Å². The molecule has 1 aromatic heterocycles. The van der Waals surface area contributed by atoms with Gasteiger partial charge in [-0.2, -0.15) is 4.31 Å². The highest BCUT2D eigenvalue weighted by Crippen LogP contribution is 2.39. The number of benzene rings is 1. The zero-order valence-electron chi connectivity index (χ0n) is 14.3. The molecule has 138 valence electrons. The third kappa shape index (κ3) is 3.32. The Kier molecular flexibility index (Phi) is 4.64. The summed E-state index contributed by atoms with van der Waals surface area (Å²) in [5, 5.41) is 13.7. The van der Waals surface area contributed by atoms with Gasteiger partial charge in [-0.3, -0.25) is 4.98 Å². The van der Waals surface area contributed by atoms with Gasteiger partial charge in [0, 0.05) is 25.5 Å². The molecular weight excluding hydrogens is 352 g/mol. The molecule has 8 heteroatoms. The lowest BCUT2D eigenvalue weighted by Gasteiger charge is -2.35. The number of anilines is 1. The Bertz CT molecular complexity index is 847. The van der Waals surface area contributed by atoms with Gasteiger partial charge in [-0.25, -0.2) is 13.4 Å². The molecule has 1 saturated carbocycles. The second kappa shape index (κ2) is 6.94. The van der Waals surface area contributed by atoms with E-state index in [1.165, 1.54) is 0 Å². The van der Waals surface area contributed by atoms with E-state index in [0.717, 1.165) is 0 Å². The van der Waals surface area contributed by atoms with Crippen molar-refractivity contribution in [3.8, 4) is 0 Å². The average Bonchev–Trinajstić information content (AvgIpc) is 3.07. The molecule has 2 aliphatic rings. The summed E-state index contributed by atoms with van der Waals surface area (Å²) < 4.78 is 27.3. The summed E-state index contributed by atoms with van der Waals surface area (Å²) in [4.78, 5) is 8.55. The van der Waals surface area contributed by atoms with Gasteiger partial charge in [-0.05, 0) is 36.8 Å². The van der Waals surface area contributed by atoms with Gasteiger partial charge in [-0.15, -0.1) is 0 Å². The quantitative estimate of drug-likeness (QED) is 0.839. The summed E-state index contributed by atoms with van der Waals surface area (Å²) in [5.74, 6) is 1.04. The van der Waals surface area contributed by atoms with E-state index in [1.807, 2.05) is 6.07 Å². The molecule has 4 rings (SSSR count). The Morgan fingerprint density at radius 2 is 1.81 bits per heavy atom. The summed E-state index contributed by atoms with van der Waals surface area (Å²) in [5.41, 5.74) is 0. The van der Waals surface area contributed by atoms with Crippen molar-refractivity contribution in [3.05, 3.63) is 48.9 Å². The molecule has 0 unspecified atom stereocenters. The normalized spacial score (nSPS) is 29.3. The van der Waals surface area contributed by atoms with E-state index in [-0.39, 0.29) is 17.9 Å². The van der Waals surface area contributed by atoms with Crippen LogP contribution in [-0.2, 0) is 10.0 Å². The van der Waals surface area contributed by atoms with Gasteiger partial charge in [0.15, 0.2) is 0 Å². The van der Waals surface area contributed by atoms with Gasteiger partial charge in [0.05, 0.1) is 23.2 Å². The molecule has 2 N–H and O–H groups in total. The first-order chi connectivity index (χ1) is 12.5. The molecule has 1 aromatic carbocycles. The molecule has 7 nitrogen and oxygen atoms in total.